The molecule has 1 aliphatic carbocycles. The summed E-state index contributed by atoms with van der Waals surface area (Å²) in [7, 11) is 4.31. The molecule has 0 radical (unpaired) electrons. The highest BCUT2D eigenvalue weighted by Crippen LogP contribution is 2.34. The van der Waals surface area contributed by atoms with Crippen LogP contribution in [-0.4, -0.2) is 51.0 Å². The van der Waals surface area contributed by atoms with E-state index in [4.69, 9.17) is 0 Å². The van der Waals surface area contributed by atoms with E-state index in [0.717, 1.165) is 51.7 Å². The van der Waals surface area contributed by atoms with Gasteiger partial charge in [0.1, 0.15) is 23.6 Å². The molecule has 0 unspecified atom stereocenters. The number of anilines is 1. The summed E-state index contributed by atoms with van der Waals surface area (Å²) in [5.74, 6) is 0.514. The van der Waals surface area contributed by atoms with Gasteiger partial charge in [-0.25, -0.2) is 14.4 Å². The van der Waals surface area contributed by atoms with Crippen LogP contribution in [0.1, 0.15) is 25.7 Å². The van der Waals surface area contributed by atoms with Crippen LogP contribution in [0.4, 0.5) is 10.2 Å². The van der Waals surface area contributed by atoms with Crippen LogP contribution in [0.2, 0.25) is 0 Å². The Morgan fingerprint density at radius 1 is 1.03 bits per heavy atom. The second-order valence-corrected chi connectivity index (χ2v) is 8.34. The van der Waals surface area contributed by atoms with Crippen LogP contribution in [0, 0.1) is 5.82 Å². The van der Waals surface area contributed by atoms with Gasteiger partial charge in [0.15, 0.2) is 0 Å². The van der Waals surface area contributed by atoms with Gasteiger partial charge in [0, 0.05) is 34.7 Å². The molecule has 5 rings (SSSR count). The summed E-state index contributed by atoms with van der Waals surface area (Å²) in [6.45, 7) is 0. The summed E-state index contributed by atoms with van der Waals surface area (Å²) in [6.07, 6.45) is 9.11. The van der Waals surface area contributed by atoms with E-state index in [1.807, 2.05) is 12.1 Å². The summed E-state index contributed by atoms with van der Waals surface area (Å²) >= 11 is 0. The molecule has 3 heterocycles. The smallest absolute Gasteiger partial charge is 0.143 e. The predicted octanol–water partition coefficient (Wildman–Crippen LogP) is 4.60. The number of pyridine rings is 1. The number of fused-ring (bicyclic) bond motifs is 3. The quantitative estimate of drug-likeness (QED) is 0.520. The number of hydrogen-bond donors (Lipinski definition) is 2. The Kier molecular flexibility index (Phi) is 4.83. The van der Waals surface area contributed by atoms with E-state index < -0.39 is 0 Å². The SMILES string of the molecule is CN(C)C1CCC(Nc2ncnc3[nH]c4ccc(-c5cncc(F)c5)cc4c23)CC1. The third kappa shape index (κ3) is 3.50. The van der Waals surface area contributed by atoms with Crippen molar-refractivity contribution < 1.29 is 4.39 Å². The summed E-state index contributed by atoms with van der Waals surface area (Å²) in [5, 5.41) is 5.67. The first-order valence-corrected chi connectivity index (χ1v) is 10.4. The summed E-state index contributed by atoms with van der Waals surface area (Å²) in [4.78, 5) is 18.7. The van der Waals surface area contributed by atoms with Crippen LogP contribution in [0.15, 0.2) is 43.0 Å². The molecule has 3 aromatic heterocycles. The molecule has 2 N–H and O–H groups in total. The molecule has 154 valence electrons. The fraction of sp³-hybridized carbons (Fsp3) is 0.348. The van der Waals surface area contributed by atoms with E-state index in [1.165, 1.54) is 25.1 Å². The minimum atomic E-state index is -0.342. The van der Waals surface area contributed by atoms with E-state index >= 15 is 0 Å². The van der Waals surface area contributed by atoms with E-state index in [9.17, 15) is 4.39 Å². The van der Waals surface area contributed by atoms with Crippen molar-refractivity contribution in [3.8, 4) is 11.1 Å². The molecule has 6 nitrogen and oxygen atoms in total. The van der Waals surface area contributed by atoms with E-state index in [2.05, 4.69) is 50.3 Å². The zero-order chi connectivity index (χ0) is 20.7. The van der Waals surface area contributed by atoms with Crippen molar-refractivity contribution in [1.29, 1.82) is 0 Å². The molecule has 0 bridgehead atoms. The zero-order valence-corrected chi connectivity index (χ0v) is 17.2. The topological polar surface area (TPSA) is 69.7 Å². The molecule has 0 atom stereocenters. The highest BCUT2D eigenvalue weighted by molar-refractivity contribution is 6.12. The van der Waals surface area contributed by atoms with Crippen molar-refractivity contribution in [2.75, 3.05) is 19.4 Å². The molecule has 0 aliphatic heterocycles. The number of halogens is 1. The summed E-state index contributed by atoms with van der Waals surface area (Å²) in [6, 6.07) is 8.59. The van der Waals surface area contributed by atoms with Gasteiger partial charge in [0.05, 0.1) is 11.6 Å². The molecule has 30 heavy (non-hydrogen) atoms. The normalized spacial score (nSPS) is 19.6. The van der Waals surface area contributed by atoms with Crippen LogP contribution in [0.25, 0.3) is 33.1 Å². The fourth-order valence-electron chi connectivity index (χ4n) is 4.51. The molecule has 0 spiro atoms. The number of H-pyrrole nitrogens is 1. The molecule has 1 saturated carbocycles. The van der Waals surface area contributed by atoms with Crippen LogP contribution < -0.4 is 5.32 Å². The van der Waals surface area contributed by atoms with Gasteiger partial charge < -0.3 is 15.2 Å². The van der Waals surface area contributed by atoms with E-state index in [0.29, 0.717) is 12.1 Å². The maximum Gasteiger partial charge on any atom is 0.143 e. The lowest BCUT2D eigenvalue weighted by Crippen LogP contribution is -2.36. The van der Waals surface area contributed by atoms with E-state index in [1.54, 1.807) is 12.5 Å². The molecule has 1 aliphatic rings. The third-order valence-corrected chi connectivity index (χ3v) is 6.20. The van der Waals surface area contributed by atoms with Gasteiger partial charge in [-0.1, -0.05) is 6.07 Å². The minimum Gasteiger partial charge on any atom is -0.367 e. The fourth-order valence-corrected chi connectivity index (χ4v) is 4.51. The number of aromatic nitrogens is 4. The Hall–Kier alpha value is -3.06. The van der Waals surface area contributed by atoms with Gasteiger partial charge in [-0.15, -0.1) is 0 Å². The Balaban J connectivity index is 1.51. The van der Waals surface area contributed by atoms with Crippen molar-refractivity contribution in [2.45, 2.75) is 37.8 Å². The number of nitrogens with one attached hydrogen (secondary N) is 2. The number of nitrogens with zero attached hydrogens (tertiary/aromatic N) is 4. The van der Waals surface area contributed by atoms with Crippen LogP contribution >= 0.6 is 0 Å². The lowest BCUT2D eigenvalue weighted by molar-refractivity contribution is 0.221. The highest BCUT2D eigenvalue weighted by atomic mass is 19.1. The Morgan fingerprint density at radius 3 is 2.63 bits per heavy atom. The minimum absolute atomic E-state index is 0.342. The second kappa shape index (κ2) is 7.65. The average Bonchev–Trinajstić information content (AvgIpc) is 3.13. The van der Waals surface area contributed by atoms with Crippen molar-refractivity contribution in [2.24, 2.45) is 0 Å². The lowest BCUT2D eigenvalue weighted by Gasteiger charge is -2.33. The largest absolute Gasteiger partial charge is 0.367 e. The second-order valence-electron chi connectivity index (χ2n) is 8.34. The van der Waals surface area contributed by atoms with Crippen molar-refractivity contribution >= 4 is 27.8 Å². The van der Waals surface area contributed by atoms with Crippen LogP contribution in [0.3, 0.4) is 0 Å². The molecular formula is C23H25FN6. The number of rotatable bonds is 4. The van der Waals surface area contributed by atoms with Crippen molar-refractivity contribution in [3.05, 3.63) is 48.8 Å². The van der Waals surface area contributed by atoms with Gasteiger partial charge in [0.25, 0.3) is 0 Å². The number of benzene rings is 1. The number of aromatic amines is 1. The molecular weight excluding hydrogens is 379 g/mol. The molecule has 1 fully saturated rings. The monoisotopic (exact) mass is 404 g/mol. The van der Waals surface area contributed by atoms with Crippen molar-refractivity contribution in [3.63, 3.8) is 0 Å². The van der Waals surface area contributed by atoms with E-state index in [-0.39, 0.29) is 5.82 Å². The predicted molar refractivity (Wildman–Crippen MR) is 118 cm³/mol. The van der Waals surface area contributed by atoms with Gasteiger partial charge in [-0.3, -0.25) is 4.98 Å². The number of hydrogen-bond acceptors (Lipinski definition) is 5. The first-order chi connectivity index (χ1) is 14.6. The summed E-state index contributed by atoms with van der Waals surface area (Å²) in [5.41, 5.74) is 3.45. The molecule has 7 heteroatoms. The van der Waals surface area contributed by atoms with Gasteiger partial charge in [-0.05, 0) is 63.5 Å². The molecule has 0 amide bonds. The Bertz CT molecular complexity index is 1190. The van der Waals surface area contributed by atoms with Crippen LogP contribution in [0.5, 0.6) is 0 Å². The standard InChI is InChI=1S/C23H25FN6/c1-30(2)18-6-4-17(5-7-18)28-22-21-19-10-14(15-9-16(24)12-25-11-15)3-8-20(19)29-23(21)27-13-26-22/h3,8-13,17-18H,4-7H2,1-2H3,(H2,26,27,28,29). The maximum absolute atomic E-state index is 13.7. The van der Waals surface area contributed by atoms with Crippen molar-refractivity contribution in [1.82, 2.24) is 24.8 Å². The highest BCUT2D eigenvalue weighted by Gasteiger charge is 2.23. The molecule has 0 saturated heterocycles. The maximum atomic E-state index is 13.7. The van der Waals surface area contributed by atoms with Gasteiger partial charge >= 0.3 is 0 Å². The zero-order valence-electron chi connectivity index (χ0n) is 17.2. The van der Waals surface area contributed by atoms with Gasteiger partial charge in [0.2, 0.25) is 0 Å². The third-order valence-electron chi connectivity index (χ3n) is 6.20. The average molecular weight is 404 g/mol. The summed E-state index contributed by atoms with van der Waals surface area (Å²) < 4.78 is 13.7. The molecule has 4 aromatic rings. The molecule has 1 aromatic carbocycles. The van der Waals surface area contributed by atoms with Gasteiger partial charge in [-0.2, -0.15) is 0 Å². The first-order valence-electron chi connectivity index (χ1n) is 10.4. The Morgan fingerprint density at radius 2 is 1.87 bits per heavy atom. The first kappa shape index (κ1) is 18.9. The Labute approximate surface area is 174 Å². The van der Waals surface area contributed by atoms with Crippen LogP contribution in [-0.2, 0) is 0 Å². The lowest BCUT2D eigenvalue weighted by atomic mass is 9.90.